The van der Waals surface area contributed by atoms with Crippen LogP contribution in [0.15, 0.2) is 42.7 Å². The molecule has 1 unspecified atom stereocenters. The Hall–Kier alpha value is -2.83. The predicted octanol–water partition coefficient (Wildman–Crippen LogP) is 2.30. The molecule has 0 aliphatic carbocycles. The van der Waals surface area contributed by atoms with Crippen molar-refractivity contribution < 1.29 is 9.53 Å². The molecule has 1 saturated heterocycles. The van der Waals surface area contributed by atoms with E-state index in [4.69, 9.17) is 4.74 Å². The standard InChI is InChI=1S/C19H25N5O2/c1-23(2)17-18(21-11-10-20-17)26-16-9-6-12-24(14-16)19(25)22-13-15-7-4-3-5-8-15/h3-5,7-8,10-11,16H,6,9,12-14H2,1-2H3,(H,22,25). The summed E-state index contributed by atoms with van der Waals surface area (Å²) >= 11 is 0. The minimum Gasteiger partial charge on any atom is -0.470 e. The van der Waals surface area contributed by atoms with Gasteiger partial charge in [0.05, 0.1) is 6.54 Å². The number of ether oxygens (including phenoxy) is 1. The van der Waals surface area contributed by atoms with E-state index in [1.165, 1.54) is 0 Å². The van der Waals surface area contributed by atoms with Crippen LogP contribution < -0.4 is 15.0 Å². The number of likely N-dealkylation sites (tertiary alicyclic amines) is 1. The molecule has 1 fully saturated rings. The second kappa shape index (κ2) is 8.51. The van der Waals surface area contributed by atoms with Crippen LogP contribution in [0.5, 0.6) is 5.88 Å². The molecule has 0 saturated carbocycles. The van der Waals surface area contributed by atoms with Gasteiger partial charge in [-0.3, -0.25) is 0 Å². The van der Waals surface area contributed by atoms with Crippen molar-refractivity contribution in [3.05, 3.63) is 48.3 Å². The van der Waals surface area contributed by atoms with Crippen LogP contribution in [0, 0.1) is 0 Å². The van der Waals surface area contributed by atoms with Gasteiger partial charge in [-0.1, -0.05) is 30.3 Å². The molecular weight excluding hydrogens is 330 g/mol. The average Bonchev–Trinajstić information content (AvgIpc) is 2.67. The normalized spacial score (nSPS) is 16.8. The number of piperidine rings is 1. The SMILES string of the molecule is CN(C)c1nccnc1OC1CCCN(C(=O)NCc2ccccc2)C1. The molecular formula is C19H25N5O2. The first-order chi connectivity index (χ1) is 12.6. The maximum atomic E-state index is 12.5. The Morgan fingerprint density at radius 1 is 1.27 bits per heavy atom. The van der Waals surface area contributed by atoms with Crippen LogP contribution in [0.1, 0.15) is 18.4 Å². The first-order valence-corrected chi connectivity index (χ1v) is 8.85. The largest absolute Gasteiger partial charge is 0.470 e. The van der Waals surface area contributed by atoms with Crippen LogP contribution in [0.3, 0.4) is 0 Å². The highest BCUT2D eigenvalue weighted by molar-refractivity contribution is 5.74. The Labute approximate surface area is 154 Å². The molecule has 1 aliphatic heterocycles. The van der Waals surface area contributed by atoms with Crippen LogP contribution in [0.25, 0.3) is 0 Å². The van der Waals surface area contributed by atoms with Gasteiger partial charge in [0, 0.05) is 39.6 Å². The van der Waals surface area contributed by atoms with Crippen molar-refractivity contribution >= 4 is 11.8 Å². The molecule has 1 N–H and O–H groups in total. The lowest BCUT2D eigenvalue weighted by Crippen LogP contribution is -2.48. The Morgan fingerprint density at radius 2 is 2.04 bits per heavy atom. The van der Waals surface area contributed by atoms with Crippen LogP contribution >= 0.6 is 0 Å². The van der Waals surface area contributed by atoms with Crippen molar-refractivity contribution in [3.63, 3.8) is 0 Å². The Bertz CT molecular complexity index is 723. The molecule has 26 heavy (non-hydrogen) atoms. The fraction of sp³-hybridized carbons (Fsp3) is 0.421. The predicted molar refractivity (Wildman–Crippen MR) is 100 cm³/mol. The van der Waals surface area contributed by atoms with Crippen molar-refractivity contribution in [1.29, 1.82) is 0 Å². The lowest BCUT2D eigenvalue weighted by Gasteiger charge is -2.33. The van der Waals surface area contributed by atoms with Gasteiger partial charge in [-0.15, -0.1) is 0 Å². The summed E-state index contributed by atoms with van der Waals surface area (Å²) in [6.07, 6.45) is 4.98. The second-order valence-corrected chi connectivity index (χ2v) is 6.55. The van der Waals surface area contributed by atoms with E-state index in [2.05, 4.69) is 15.3 Å². The number of nitrogens with zero attached hydrogens (tertiary/aromatic N) is 4. The van der Waals surface area contributed by atoms with Crippen molar-refractivity contribution in [2.75, 3.05) is 32.1 Å². The van der Waals surface area contributed by atoms with E-state index in [9.17, 15) is 4.79 Å². The zero-order valence-corrected chi connectivity index (χ0v) is 15.3. The molecule has 0 spiro atoms. The van der Waals surface area contributed by atoms with Gasteiger partial charge < -0.3 is 19.9 Å². The topological polar surface area (TPSA) is 70.6 Å². The van der Waals surface area contributed by atoms with E-state index >= 15 is 0 Å². The van der Waals surface area contributed by atoms with Crippen LogP contribution in [0.4, 0.5) is 10.6 Å². The number of hydrogen-bond acceptors (Lipinski definition) is 5. The first-order valence-electron chi connectivity index (χ1n) is 8.85. The maximum Gasteiger partial charge on any atom is 0.317 e. The molecule has 7 heteroatoms. The molecule has 138 valence electrons. The highest BCUT2D eigenvalue weighted by atomic mass is 16.5. The number of anilines is 1. The van der Waals surface area contributed by atoms with Gasteiger partial charge in [-0.25, -0.2) is 14.8 Å². The van der Waals surface area contributed by atoms with Gasteiger partial charge in [0.15, 0.2) is 5.82 Å². The molecule has 2 aromatic rings. The lowest BCUT2D eigenvalue weighted by atomic mass is 10.1. The Balaban J connectivity index is 1.56. The Morgan fingerprint density at radius 3 is 2.81 bits per heavy atom. The Kier molecular flexibility index (Phi) is 5.88. The molecule has 0 radical (unpaired) electrons. The summed E-state index contributed by atoms with van der Waals surface area (Å²) < 4.78 is 6.05. The number of nitrogens with one attached hydrogen (secondary N) is 1. The fourth-order valence-corrected chi connectivity index (χ4v) is 2.97. The maximum absolute atomic E-state index is 12.5. The van der Waals surface area contributed by atoms with Gasteiger partial charge in [-0.2, -0.15) is 0 Å². The summed E-state index contributed by atoms with van der Waals surface area (Å²) in [6, 6.07) is 9.84. The van der Waals surface area contributed by atoms with Crippen molar-refractivity contribution in [2.24, 2.45) is 0 Å². The van der Waals surface area contributed by atoms with Crippen LogP contribution in [-0.2, 0) is 6.54 Å². The number of amides is 2. The molecule has 2 heterocycles. The third-order valence-corrected chi connectivity index (χ3v) is 4.30. The molecule has 1 aromatic carbocycles. The number of rotatable bonds is 5. The quantitative estimate of drug-likeness (QED) is 0.891. The third-order valence-electron chi connectivity index (χ3n) is 4.30. The van der Waals surface area contributed by atoms with Gasteiger partial charge in [0.2, 0.25) is 0 Å². The molecule has 2 amide bonds. The van der Waals surface area contributed by atoms with Crippen molar-refractivity contribution in [1.82, 2.24) is 20.2 Å². The van der Waals surface area contributed by atoms with Crippen LogP contribution in [-0.4, -0.2) is 54.2 Å². The first kappa shape index (κ1) is 18.0. The summed E-state index contributed by atoms with van der Waals surface area (Å²) in [5.74, 6) is 1.20. The molecule has 0 bridgehead atoms. The highest BCUT2D eigenvalue weighted by Crippen LogP contribution is 2.24. The molecule has 1 atom stereocenters. The number of carbonyl (C=O) groups excluding carboxylic acids is 1. The third kappa shape index (κ3) is 4.62. The van der Waals surface area contributed by atoms with E-state index in [1.54, 1.807) is 12.4 Å². The number of carbonyl (C=O) groups is 1. The minimum atomic E-state index is -0.0818. The monoisotopic (exact) mass is 355 g/mol. The summed E-state index contributed by atoms with van der Waals surface area (Å²) in [5, 5.41) is 2.98. The lowest BCUT2D eigenvalue weighted by molar-refractivity contribution is 0.0978. The molecule has 7 nitrogen and oxygen atoms in total. The van der Waals surface area contributed by atoms with Gasteiger partial charge in [-0.05, 0) is 18.4 Å². The van der Waals surface area contributed by atoms with Gasteiger partial charge in [0.25, 0.3) is 5.88 Å². The van der Waals surface area contributed by atoms with E-state index in [-0.39, 0.29) is 12.1 Å². The second-order valence-electron chi connectivity index (χ2n) is 6.55. The summed E-state index contributed by atoms with van der Waals surface area (Å²) in [5.41, 5.74) is 1.08. The molecule has 1 aromatic heterocycles. The smallest absolute Gasteiger partial charge is 0.317 e. The van der Waals surface area contributed by atoms with Gasteiger partial charge in [0.1, 0.15) is 6.10 Å². The summed E-state index contributed by atoms with van der Waals surface area (Å²) in [7, 11) is 3.81. The number of hydrogen-bond donors (Lipinski definition) is 1. The van der Waals surface area contributed by atoms with Crippen molar-refractivity contribution in [2.45, 2.75) is 25.5 Å². The number of urea groups is 1. The van der Waals surface area contributed by atoms with Crippen LogP contribution in [0.2, 0.25) is 0 Å². The average molecular weight is 355 g/mol. The zero-order chi connectivity index (χ0) is 18.4. The summed E-state index contributed by atoms with van der Waals surface area (Å²) in [4.78, 5) is 24.7. The zero-order valence-electron chi connectivity index (χ0n) is 15.3. The summed E-state index contributed by atoms with van der Waals surface area (Å²) in [6.45, 7) is 1.81. The highest BCUT2D eigenvalue weighted by Gasteiger charge is 2.26. The number of benzene rings is 1. The molecule has 3 rings (SSSR count). The van der Waals surface area contributed by atoms with Gasteiger partial charge >= 0.3 is 6.03 Å². The van der Waals surface area contributed by atoms with E-state index in [0.717, 1.165) is 24.9 Å². The van der Waals surface area contributed by atoms with E-state index < -0.39 is 0 Å². The van der Waals surface area contributed by atoms with E-state index in [1.807, 2.05) is 54.2 Å². The molecule has 1 aliphatic rings. The number of aromatic nitrogens is 2. The van der Waals surface area contributed by atoms with Crippen molar-refractivity contribution in [3.8, 4) is 5.88 Å². The van der Waals surface area contributed by atoms with E-state index in [0.29, 0.717) is 24.8 Å². The minimum absolute atomic E-state index is 0.0610. The fourth-order valence-electron chi connectivity index (χ4n) is 2.97.